The first-order valence-electron chi connectivity index (χ1n) is 13.7. The lowest BCUT2D eigenvalue weighted by atomic mass is 10.0. The maximum Gasteiger partial charge on any atom is 0.350 e. The van der Waals surface area contributed by atoms with Gasteiger partial charge in [0.05, 0.1) is 24.1 Å². The van der Waals surface area contributed by atoms with Crippen molar-refractivity contribution < 1.29 is 12.8 Å². The molecule has 1 atom stereocenters. The molecule has 5 rings (SSSR count). The minimum absolute atomic E-state index is 0.0128. The van der Waals surface area contributed by atoms with Crippen molar-refractivity contribution >= 4 is 21.8 Å². The van der Waals surface area contributed by atoms with Crippen molar-refractivity contribution in [3.63, 3.8) is 0 Å². The molecule has 0 spiro atoms. The second kappa shape index (κ2) is 12.3. The highest BCUT2D eigenvalue weighted by Gasteiger charge is 2.28. The minimum atomic E-state index is -3.42. The van der Waals surface area contributed by atoms with E-state index in [-0.39, 0.29) is 24.8 Å². The van der Waals surface area contributed by atoms with Gasteiger partial charge in [-0.05, 0) is 42.7 Å². The molecule has 1 aliphatic rings. The Morgan fingerprint density at radius 2 is 1.88 bits per heavy atom. The summed E-state index contributed by atoms with van der Waals surface area (Å²) in [6, 6.07) is 8.30. The maximum atomic E-state index is 15.2. The third-order valence-electron chi connectivity index (χ3n) is 7.23. The van der Waals surface area contributed by atoms with Gasteiger partial charge in [0.25, 0.3) is 0 Å². The van der Waals surface area contributed by atoms with Crippen LogP contribution in [0.1, 0.15) is 25.0 Å². The van der Waals surface area contributed by atoms with Crippen LogP contribution in [-0.2, 0) is 23.0 Å². The van der Waals surface area contributed by atoms with E-state index in [0.717, 1.165) is 27.5 Å². The van der Waals surface area contributed by atoms with Crippen molar-refractivity contribution in [1.29, 1.82) is 5.26 Å². The van der Waals surface area contributed by atoms with Gasteiger partial charge >= 0.3 is 5.69 Å². The summed E-state index contributed by atoms with van der Waals surface area (Å²) >= 11 is 0. The molecule has 0 unspecified atom stereocenters. The molecule has 15 heteroatoms. The predicted molar refractivity (Wildman–Crippen MR) is 159 cm³/mol. The molecular weight excluding hydrogens is 575 g/mol. The highest BCUT2D eigenvalue weighted by atomic mass is 32.2. The largest absolute Gasteiger partial charge is 0.350 e. The number of hydrogen-bond acceptors (Lipinski definition) is 10. The molecular formula is C28H31FN10O3S. The number of pyridine rings is 1. The molecule has 224 valence electrons. The molecule has 1 aromatic carbocycles. The van der Waals surface area contributed by atoms with Crippen molar-refractivity contribution in [2.45, 2.75) is 32.9 Å². The molecule has 1 N–H and O–H groups in total. The van der Waals surface area contributed by atoms with Crippen LogP contribution in [0.5, 0.6) is 0 Å². The summed E-state index contributed by atoms with van der Waals surface area (Å²) in [5.74, 6) is 0.563. The predicted octanol–water partition coefficient (Wildman–Crippen LogP) is 1.72. The van der Waals surface area contributed by atoms with Gasteiger partial charge in [-0.2, -0.15) is 10.4 Å². The van der Waals surface area contributed by atoms with Crippen molar-refractivity contribution in [3.8, 4) is 22.9 Å². The lowest BCUT2D eigenvalue weighted by Crippen LogP contribution is -2.53. The fourth-order valence-electron chi connectivity index (χ4n) is 4.95. The monoisotopic (exact) mass is 606 g/mol. The Bertz CT molecular complexity index is 1830. The van der Waals surface area contributed by atoms with Crippen LogP contribution >= 0.6 is 0 Å². The lowest BCUT2D eigenvalue weighted by molar-refractivity contribution is 0.538. The van der Waals surface area contributed by atoms with Crippen LogP contribution in [0.4, 0.5) is 16.2 Å². The van der Waals surface area contributed by atoms with E-state index in [0.29, 0.717) is 48.1 Å². The number of nitriles is 1. The van der Waals surface area contributed by atoms with E-state index in [1.54, 1.807) is 18.3 Å². The number of piperazine rings is 1. The second-order valence-electron chi connectivity index (χ2n) is 10.3. The van der Waals surface area contributed by atoms with Crippen molar-refractivity contribution in [2.24, 2.45) is 0 Å². The van der Waals surface area contributed by atoms with Crippen LogP contribution in [0.2, 0.25) is 0 Å². The van der Waals surface area contributed by atoms with Crippen LogP contribution in [0.15, 0.2) is 54.0 Å². The number of anilines is 2. The molecule has 1 aliphatic heterocycles. The average Bonchev–Trinajstić information content (AvgIpc) is 3.35. The number of aromatic nitrogens is 6. The summed E-state index contributed by atoms with van der Waals surface area (Å²) in [5.41, 5.74) is 1.86. The number of nitrogens with one attached hydrogen (secondary N) is 1. The Hall–Kier alpha value is -4.68. The molecule has 1 saturated heterocycles. The van der Waals surface area contributed by atoms with Crippen LogP contribution in [0, 0.1) is 17.1 Å². The van der Waals surface area contributed by atoms with Gasteiger partial charge in [0.1, 0.15) is 24.0 Å². The highest BCUT2D eigenvalue weighted by molar-refractivity contribution is 7.88. The van der Waals surface area contributed by atoms with Gasteiger partial charge in [-0.3, -0.25) is 0 Å². The fraction of sp³-hybridized carbons (Fsp3) is 0.357. The lowest BCUT2D eigenvalue weighted by Gasteiger charge is -2.40. The quantitative estimate of drug-likeness (QED) is 0.298. The van der Waals surface area contributed by atoms with E-state index >= 15 is 4.39 Å². The summed E-state index contributed by atoms with van der Waals surface area (Å²) in [6.07, 6.45) is 8.36. The number of hydrogen-bond donors (Lipinski definition) is 1. The van der Waals surface area contributed by atoms with Gasteiger partial charge < -0.3 is 9.80 Å². The number of sulfonamides is 1. The smallest absolute Gasteiger partial charge is 0.349 e. The van der Waals surface area contributed by atoms with Gasteiger partial charge in [-0.15, -0.1) is 0 Å². The number of aryl methyl sites for hydroxylation is 1. The van der Waals surface area contributed by atoms with Gasteiger partial charge in [0.2, 0.25) is 16.0 Å². The topological polar surface area (TPSA) is 155 Å². The highest BCUT2D eigenvalue weighted by Crippen LogP contribution is 2.29. The van der Waals surface area contributed by atoms with Crippen LogP contribution in [0.3, 0.4) is 0 Å². The van der Waals surface area contributed by atoms with E-state index in [4.69, 9.17) is 0 Å². The third-order valence-corrected chi connectivity index (χ3v) is 7.96. The fourth-order valence-corrected chi connectivity index (χ4v) is 5.41. The van der Waals surface area contributed by atoms with E-state index in [1.165, 1.54) is 18.5 Å². The summed E-state index contributed by atoms with van der Waals surface area (Å²) in [4.78, 5) is 30.5. The standard InChI is InChI=1S/C28H31FN10O3S/c1-4-20-14-32-27(33-15-20)36-9-10-37(19(2)17-36)26-22(13-30)11-23(16-31-26)21-5-6-25(24(29)12-21)38-18-34-39(28(38)40)8-7-35-43(3,41)42/h5-6,11-12,14-16,18-19,35H,4,7-10,17H2,1-3H3/t19-/m0/s1. The van der Waals surface area contributed by atoms with Gasteiger partial charge in [0.15, 0.2) is 0 Å². The first-order chi connectivity index (χ1) is 20.6. The molecule has 0 bridgehead atoms. The molecule has 0 aliphatic carbocycles. The first kappa shape index (κ1) is 29.8. The summed E-state index contributed by atoms with van der Waals surface area (Å²) in [7, 11) is -3.42. The zero-order valence-corrected chi connectivity index (χ0v) is 24.8. The molecule has 4 aromatic rings. The van der Waals surface area contributed by atoms with Crippen molar-refractivity contribution in [3.05, 3.63) is 76.6 Å². The molecule has 3 aromatic heterocycles. The number of benzene rings is 1. The van der Waals surface area contributed by atoms with E-state index in [2.05, 4.69) is 54.5 Å². The first-order valence-corrected chi connectivity index (χ1v) is 15.6. The number of halogens is 1. The number of nitrogens with zero attached hydrogens (tertiary/aromatic N) is 9. The van der Waals surface area contributed by atoms with Crippen molar-refractivity contribution in [2.75, 3.05) is 42.2 Å². The van der Waals surface area contributed by atoms with Gasteiger partial charge in [0, 0.05) is 56.4 Å². The van der Waals surface area contributed by atoms with Gasteiger partial charge in [-0.1, -0.05) is 13.0 Å². The Kier molecular flexibility index (Phi) is 8.51. The maximum absolute atomic E-state index is 15.2. The molecule has 0 radical (unpaired) electrons. The Morgan fingerprint density at radius 1 is 1.12 bits per heavy atom. The summed E-state index contributed by atoms with van der Waals surface area (Å²) in [6.45, 7) is 6.03. The zero-order chi connectivity index (χ0) is 30.7. The van der Waals surface area contributed by atoms with Gasteiger partial charge in [-0.25, -0.2) is 46.5 Å². The van der Waals surface area contributed by atoms with Crippen molar-refractivity contribution in [1.82, 2.24) is 34.0 Å². The second-order valence-corrected chi connectivity index (χ2v) is 12.1. The molecule has 1 fully saturated rings. The Balaban J connectivity index is 1.32. The summed E-state index contributed by atoms with van der Waals surface area (Å²) < 4.78 is 42.1. The average molecular weight is 607 g/mol. The van der Waals surface area contributed by atoms with E-state index in [9.17, 15) is 18.5 Å². The van der Waals surface area contributed by atoms with Crippen LogP contribution < -0.4 is 20.2 Å². The Labute approximate surface area is 248 Å². The van der Waals surface area contributed by atoms with E-state index in [1.807, 2.05) is 12.4 Å². The Morgan fingerprint density at radius 3 is 2.53 bits per heavy atom. The molecule has 43 heavy (non-hydrogen) atoms. The van der Waals surface area contributed by atoms with E-state index < -0.39 is 21.5 Å². The van der Waals surface area contributed by atoms with Crippen LogP contribution in [0.25, 0.3) is 16.8 Å². The third kappa shape index (κ3) is 6.55. The van der Waals surface area contributed by atoms with Crippen LogP contribution in [-0.4, -0.2) is 76.2 Å². The molecule has 0 saturated carbocycles. The zero-order valence-electron chi connectivity index (χ0n) is 24.0. The normalized spacial score (nSPS) is 15.5. The molecule has 4 heterocycles. The SMILES string of the molecule is CCc1cnc(N2CCN(c3ncc(-c4ccc(-n5cnn(CCNS(C)(=O)=O)c5=O)c(F)c4)cc3C#N)[C@@H](C)C2)nc1. The molecule has 13 nitrogen and oxygen atoms in total. The minimum Gasteiger partial charge on any atom is -0.349 e. The number of rotatable bonds is 9. The molecule has 0 amide bonds. The summed E-state index contributed by atoms with van der Waals surface area (Å²) in [5, 5.41) is 13.9.